The van der Waals surface area contributed by atoms with Gasteiger partial charge in [-0.15, -0.1) is 12.4 Å². The molecule has 2 aromatic carbocycles. The fourth-order valence-electron chi connectivity index (χ4n) is 17.3. The number of Topliss-reactive ketones (excluding diaryl/α,β-unsaturated/α-hetero) is 1. The van der Waals surface area contributed by atoms with Gasteiger partial charge in [-0.1, -0.05) is 93.6 Å². The van der Waals surface area contributed by atoms with E-state index in [9.17, 15) is 29.2 Å². The summed E-state index contributed by atoms with van der Waals surface area (Å²) in [6.07, 6.45) is 30.7. The summed E-state index contributed by atoms with van der Waals surface area (Å²) >= 11 is 0. The van der Waals surface area contributed by atoms with Gasteiger partial charge in [0, 0.05) is 67.1 Å². The van der Waals surface area contributed by atoms with E-state index in [1.54, 1.807) is 13.8 Å². The van der Waals surface area contributed by atoms with Crippen LogP contribution in [0.2, 0.25) is 0 Å². The molecule has 472 valence electrons. The number of ketones is 1. The minimum Gasteiger partial charge on any atom is -0.550 e. The average Bonchev–Trinajstić information content (AvgIpc) is 1.18. The number of carbonyl (C=O) groups is 4. The Bertz CT molecular complexity index is 3050. The second-order valence-electron chi connectivity index (χ2n) is 25.7. The van der Waals surface area contributed by atoms with Crippen LogP contribution < -0.4 is 51.7 Å². The van der Waals surface area contributed by atoms with Crippen molar-refractivity contribution in [2.45, 2.75) is 249 Å². The number of carboxylic acid groups (broad SMARTS) is 1. The third-order valence-electron chi connectivity index (χ3n) is 20.3. The van der Waals surface area contributed by atoms with E-state index in [1.807, 2.05) is 57.7 Å². The number of para-hydroxylation sites is 4. The molecule has 10 atom stereocenters. The number of rotatable bonds is 14. The molecule has 0 amide bonds. The molecule has 4 aliphatic carbocycles. The van der Waals surface area contributed by atoms with Gasteiger partial charge in [0.05, 0.1) is 48.1 Å². The monoisotopic (exact) mass is 1230 g/mol. The van der Waals surface area contributed by atoms with E-state index >= 15 is 0 Å². The molecule has 6 heterocycles. The molecule has 4 saturated heterocycles. The fraction of sp³-hybridized carbons (Fsp3) is 0.682. The standard InChI is InChI=1S/C32H44N4O4.C32H43N3O4.C2H4O2.ClH.H3NO.Na/c1-2-40-30(37)15-14-28(34-39)31-32(38)36(29-13-6-5-12-27(29)33-31)26-19-23-10-7-11-24(20-26)35(23)25-17-21-8-3-4-9-22(16-21)18-25;1-2-39-30(37)15-14-29(36)31-32(38)35(28-13-6-5-12-27(28)33-31)26-19-23-10-7-11-24(20-26)34(23)25-17-21-8-3-4-9-22(16-21)18-25;1-2(3)4;;1-2;/h5-6,12-13,21-26,39H,2-4,7-11,14-20H2,1H3;5-6,12-13,21-26H,2-4,7-11,14-20H2,1H3;1H3,(H,3,4);1H;2H,1H2;/q;;;;;+1/p-1/b34-28+;;;;;/t2*21?,22?,23-,24+,25?,26?;;;;. The predicted molar refractivity (Wildman–Crippen MR) is 330 cm³/mol. The van der Waals surface area contributed by atoms with Gasteiger partial charge in [0.2, 0.25) is 0 Å². The molecule has 6 unspecified atom stereocenters. The third kappa shape index (κ3) is 17.1. The van der Waals surface area contributed by atoms with Crippen molar-refractivity contribution in [3.8, 4) is 0 Å². The summed E-state index contributed by atoms with van der Waals surface area (Å²) in [5, 5.41) is 28.7. The van der Waals surface area contributed by atoms with Gasteiger partial charge in [0.15, 0.2) is 17.2 Å². The number of aliphatic carboxylic acids is 1. The molecule has 0 spiro atoms. The van der Waals surface area contributed by atoms with Gasteiger partial charge in [-0.3, -0.25) is 33.8 Å². The number of piperidine rings is 4. The number of nitrogens with two attached hydrogens (primary N) is 1. The van der Waals surface area contributed by atoms with Crippen LogP contribution in [-0.4, -0.2) is 118 Å². The van der Waals surface area contributed by atoms with E-state index in [0.717, 1.165) is 67.3 Å². The van der Waals surface area contributed by atoms with Crippen LogP contribution in [0, 0.1) is 23.7 Å². The van der Waals surface area contributed by atoms with Gasteiger partial charge in [-0.05, 0) is 159 Å². The van der Waals surface area contributed by atoms with Crippen molar-refractivity contribution in [3.63, 3.8) is 0 Å². The summed E-state index contributed by atoms with van der Waals surface area (Å²) in [5.74, 6) is 4.81. The SMILES string of the molecule is CC(=O)[O-].CCOC(=O)CC/C(=N\O)c1nc2ccccc2n(C2C[C@H]3CCC[C@@H](C2)N3C2CC3CCCCC(C3)C2)c1=O.CCOC(=O)CCC(=O)c1nc2ccccc2n(C2C[C@H]3CCC[C@@H](C2)N3C2CC3CCCCC(C3)C2)c1=O.Cl.NO.[Na+]. The Kier molecular flexibility index (Phi) is 26.9. The smallest absolute Gasteiger partial charge is 0.550 e. The summed E-state index contributed by atoms with van der Waals surface area (Å²) in [6, 6.07) is 19.0. The summed E-state index contributed by atoms with van der Waals surface area (Å²) in [4.78, 5) is 88.9. The molecule has 2 aromatic heterocycles. The molecule has 4 N–H and O–H groups in total. The molecule has 4 saturated carbocycles. The van der Waals surface area contributed by atoms with E-state index in [4.69, 9.17) is 24.6 Å². The van der Waals surface area contributed by atoms with Gasteiger partial charge in [-0.2, -0.15) is 0 Å². The van der Waals surface area contributed by atoms with Crippen LogP contribution in [0.15, 0.2) is 63.3 Å². The maximum atomic E-state index is 14.1. The van der Waals surface area contributed by atoms with Crippen LogP contribution in [0.5, 0.6) is 0 Å². The third-order valence-corrected chi connectivity index (χ3v) is 20.3. The molecule has 4 aromatic rings. The molecule has 8 bridgehead atoms. The van der Waals surface area contributed by atoms with Gasteiger partial charge in [-0.25, -0.2) is 15.9 Å². The summed E-state index contributed by atoms with van der Waals surface area (Å²) in [6.45, 7) is 5.03. The maximum Gasteiger partial charge on any atom is 1.00 e. The molecule has 19 nitrogen and oxygen atoms in total. The Morgan fingerprint density at radius 1 is 0.529 bits per heavy atom. The summed E-state index contributed by atoms with van der Waals surface area (Å²) in [7, 11) is 0. The topological polar surface area (TPSA) is 265 Å². The second kappa shape index (κ2) is 33.5. The Morgan fingerprint density at radius 3 is 1.26 bits per heavy atom. The number of halogens is 1. The number of esters is 2. The minimum atomic E-state index is -1.08. The van der Waals surface area contributed by atoms with Crippen molar-refractivity contribution in [2.75, 3.05) is 13.2 Å². The Morgan fingerprint density at radius 2 is 0.885 bits per heavy atom. The zero-order valence-corrected chi connectivity index (χ0v) is 54.8. The maximum absolute atomic E-state index is 14.1. The number of nitrogens with zero attached hydrogens (tertiary/aromatic N) is 7. The molecular weight excluding hydrogens is 1140 g/mol. The predicted octanol–water partition coefficient (Wildman–Crippen LogP) is 7.19. The number of carboxylic acids is 1. The molecule has 87 heavy (non-hydrogen) atoms. The van der Waals surface area contributed by atoms with Crippen LogP contribution in [0.1, 0.15) is 229 Å². The van der Waals surface area contributed by atoms with E-state index in [-0.39, 0.29) is 133 Å². The van der Waals surface area contributed by atoms with Crippen LogP contribution >= 0.6 is 12.4 Å². The van der Waals surface area contributed by atoms with Crippen molar-refractivity contribution in [3.05, 3.63) is 80.6 Å². The van der Waals surface area contributed by atoms with Crippen molar-refractivity contribution < 1.29 is 73.7 Å². The number of fused-ring (bicyclic) bond motifs is 10. The number of aromatic nitrogens is 4. The molecule has 8 fully saturated rings. The first-order chi connectivity index (χ1) is 41.3. The van der Waals surface area contributed by atoms with Crippen molar-refractivity contribution >= 4 is 63.9 Å². The summed E-state index contributed by atoms with van der Waals surface area (Å²) in [5.41, 5.74) is 2.72. The minimum absolute atomic E-state index is 0. The number of carbonyl (C=O) groups excluding carboxylic acids is 4. The van der Waals surface area contributed by atoms with E-state index in [2.05, 4.69) is 30.8 Å². The van der Waals surface area contributed by atoms with E-state index < -0.39 is 11.9 Å². The van der Waals surface area contributed by atoms with Gasteiger partial charge in [0.1, 0.15) is 5.71 Å². The van der Waals surface area contributed by atoms with Crippen molar-refractivity contribution in [1.82, 2.24) is 28.9 Å². The van der Waals surface area contributed by atoms with Crippen molar-refractivity contribution in [2.24, 2.45) is 34.7 Å². The van der Waals surface area contributed by atoms with Crippen LogP contribution in [-0.2, 0) is 23.9 Å². The van der Waals surface area contributed by atoms with Crippen LogP contribution in [0.3, 0.4) is 0 Å². The number of ether oxygens (including phenoxy) is 2. The second-order valence-corrected chi connectivity index (χ2v) is 25.7. The zero-order chi connectivity index (χ0) is 60.1. The zero-order valence-electron chi connectivity index (χ0n) is 51.9. The van der Waals surface area contributed by atoms with Gasteiger partial charge in [0.25, 0.3) is 11.1 Å². The van der Waals surface area contributed by atoms with E-state index in [1.165, 1.54) is 128 Å². The molecule has 4 aliphatic heterocycles. The summed E-state index contributed by atoms with van der Waals surface area (Å²) < 4.78 is 13.9. The number of hydrogen-bond acceptors (Lipinski definition) is 17. The van der Waals surface area contributed by atoms with E-state index in [0.29, 0.717) is 47.3 Å². The normalized spacial score (nSPS) is 28.5. The molecule has 8 aliphatic rings. The Hall–Kier alpha value is -4.60. The largest absolute Gasteiger partial charge is 1.00 e. The van der Waals surface area contributed by atoms with Crippen LogP contribution in [0.25, 0.3) is 22.1 Å². The molecule has 21 heteroatoms. The first-order valence-corrected chi connectivity index (χ1v) is 32.4. The van der Waals surface area contributed by atoms with Crippen molar-refractivity contribution in [1.29, 1.82) is 0 Å². The molecule has 12 rings (SSSR count). The van der Waals surface area contributed by atoms with Gasteiger partial charge < -0.3 is 38.9 Å². The fourth-order valence-corrected chi connectivity index (χ4v) is 17.3. The Balaban J connectivity index is 0.000000223. The number of hydrogen-bond donors (Lipinski definition) is 3. The molecular formula is C66H94ClN8NaO11. The Labute approximate surface area is 540 Å². The van der Waals surface area contributed by atoms with Gasteiger partial charge >= 0.3 is 41.5 Å². The number of oxime groups is 1. The first-order valence-electron chi connectivity index (χ1n) is 32.4. The number of benzene rings is 2. The average molecular weight is 1230 g/mol. The first kappa shape index (κ1) is 69.9. The molecule has 0 radical (unpaired) electrons. The quantitative estimate of drug-likeness (QED) is 0.0282. The van der Waals surface area contributed by atoms with Crippen LogP contribution in [0.4, 0.5) is 0 Å².